The number of unbranched alkanes of at least 4 members (excludes halogenated alkanes) is 2. The Hall–Kier alpha value is -3.34. The second-order valence-electron chi connectivity index (χ2n) is 9.35. The molecule has 3 aromatic carbocycles. The van der Waals surface area contributed by atoms with Crippen LogP contribution in [0.1, 0.15) is 49.8 Å². The number of hydrogen-bond donors (Lipinski definition) is 1. The van der Waals surface area contributed by atoms with Crippen LogP contribution in [0.3, 0.4) is 0 Å². The second kappa shape index (κ2) is 11.4. The van der Waals surface area contributed by atoms with Crippen molar-refractivity contribution in [3.05, 3.63) is 83.9 Å². The normalized spacial score (nSPS) is 14.5. The third kappa shape index (κ3) is 5.82. The molecule has 0 spiro atoms. The number of fused-ring (bicyclic) bond motifs is 3. The van der Waals surface area contributed by atoms with Crippen LogP contribution in [0.4, 0.5) is 0 Å². The van der Waals surface area contributed by atoms with Crippen LogP contribution in [-0.2, 0) is 20.5 Å². The molecule has 0 aromatic heterocycles. The smallest absolute Gasteiger partial charge is 0.347 e. The molecule has 194 valence electrons. The van der Waals surface area contributed by atoms with E-state index in [-0.39, 0.29) is 0 Å². The van der Waals surface area contributed by atoms with Gasteiger partial charge in [-0.3, -0.25) is 9.36 Å². The maximum absolute atomic E-state index is 14.5. The molecule has 1 N–H and O–H groups in total. The summed E-state index contributed by atoms with van der Waals surface area (Å²) in [6, 6.07) is 18.0. The first kappa shape index (κ1) is 26.7. The molecule has 1 unspecified atom stereocenters. The second-order valence-corrected chi connectivity index (χ2v) is 11.4. The van der Waals surface area contributed by atoms with E-state index >= 15 is 0 Å². The van der Waals surface area contributed by atoms with Crippen molar-refractivity contribution in [2.45, 2.75) is 52.5 Å². The minimum absolute atomic E-state index is 0.431. The van der Waals surface area contributed by atoms with Gasteiger partial charge in [-0.1, -0.05) is 68.3 Å². The molecule has 6 nitrogen and oxygen atoms in total. The fourth-order valence-electron chi connectivity index (χ4n) is 4.48. The van der Waals surface area contributed by atoms with Gasteiger partial charge in [-0.2, -0.15) is 0 Å². The highest BCUT2D eigenvalue weighted by Crippen LogP contribution is 2.52. The summed E-state index contributed by atoms with van der Waals surface area (Å²) >= 11 is 0. The van der Waals surface area contributed by atoms with Gasteiger partial charge in [0.25, 0.3) is 0 Å². The average molecular weight is 520 g/mol. The first-order chi connectivity index (χ1) is 17.8. The summed E-state index contributed by atoms with van der Waals surface area (Å²) in [5.41, 5.74) is 4.57. The maximum Gasteiger partial charge on any atom is 0.347 e. The molecule has 3 aromatic rings. The number of benzene rings is 3. The van der Waals surface area contributed by atoms with Crippen LogP contribution in [0.5, 0.6) is 11.5 Å². The van der Waals surface area contributed by atoms with E-state index in [1.165, 1.54) is 7.11 Å². The van der Waals surface area contributed by atoms with Crippen LogP contribution >= 0.6 is 7.52 Å². The van der Waals surface area contributed by atoms with Gasteiger partial charge in [0.2, 0.25) is 0 Å². The minimum Gasteiger partial charge on any atom is -0.468 e. The Balaban J connectivity index is 1.87. The molecule has 0 aliphatic carbocycles. The molecule has 7 heteroatoms. The van der Waals surface area contributed by atoms with Crippen LogP contribution < -0.4 is 19.7 Å². The average Bonchev–Trinajstić information content (AvgIpc) is 2.88. The Kier molecular flexibility index (Phi) is 8.21. The lowest BCUT2D eigenvalue weighted by atomic mass is 9.91. The molecule has 37 heavy (non-hydrogen) atoms. The van der Waals surface area contributed by atoms with Crippen molar-refractivity contribution < 1.29 is 23.4 Å². The van der Waals surface area contributed by atoms with Crippen LogP contribution in [0.25, 0.3) is 16.9 Å². The van der Waals surface area contributed by atoms with Crippen molar-refractivity contribution in [3.63, 3.8) is 0 Å². The fourth-order valence-corrected chi connectivity index (χ4v) is 6.39. The van der Waals surface area contributed by atoms with Gasteiger partial charge in [0, 0.05) is 11.1 Å². The Morgan fingerprint density at radius 2 is 1.84 bits per heavy atom. The Bertz CT molecular complexity index is 1350. The molecule has 1 heterocycles. The number of hydrogen-bond acceptors (Lipinski definition) is 5. The zero-order valence-electron chi connectivity index (χ0n) is 21.9. The van der Waals surface area contributed by atoms with Crippen LogP contribution in [0.15, 0.2) is 67.2 Å². The molecule has 0 saturated carbocycles. The largest absolute Gasteiger partial charge is 0.468 e. The number of carbonyl (C=O) groups is 1. The number of carbonyl (C=O) groups excluding carboxylic acids is 1. The highest BCUT2D eigenvalue weighted by atomic mass is 31.2. The topological polar surface area (TPSA) is 73.9 Å². The first-order valence-corrected chi connectivity index (χ1v) is 14.2. The van der Waals surface area contributed by atoms with Gasteiger partial charge in [0.15, 0.2) is 0 Å². The molecule has 0 saturated heterocycles. The SMILES string of the molecule is C=C1Oc2cc(CCCCC)cc(OP(=O)(N[C@@H](C)C(=O)OC)c3ccccc3)c2-c2cc(C)ccc21. The highest BCUT2D eigenvalue weighted by Gasteiger charge is 2.35. The van der Waals surface area contributed by atoms with Crippen molar-refractivity contribution in [2.24, 2.45) is 0 Å². The summed E-state index contributed by atoms with van der Waals surface area (Å²) in [7, 11) is -2.48. The van der Waals surface area contributed by atoms with E-state index in [0.29, 0.717) is 28.1 Å². The van der Waals surface area contributed by atoms with E-state index in [4.69, 9.17) is 14.0 Å². The monoisotopic (exact) mass is 519 g/mol. The Labute approximate surface area is 219 Å². The van der Waals surface area contributed by atoms with Crippen LogP contribution in [-0.4, -0.2) is 19.1 Å². The van der Waals surface area contributed by atoms with Crippen LogP contribution in [0.2, 0.25) is 0 Å². The lowest BCUT2D eigenvalue weighted by Crippen LogP contribution is -2.37. The van der Waals surface area contributed by atoms with Crippen molar-refractivity contribution in [1.82, 2.24) is 5.09 Å². The van der Waals surface area contributed by atoms with E-state index in [0.717, 1.165) is 47.9 Å². The van der Waals surface area contributed by atoms with Gasteiger partial charge in [-0.15, -0.1) is 0 Å². The number of rotatable bonds is 10. The highest BCUT2D eigenvalue weighted by molar-refractivity contribution is 7.65. The third-order valence-corrected chi connectivity index (χ3v) is 8.57. The maximum atomic E-state index is 14.5. The number of methoxy groups -OCH3 is 1. The molecular weight excluding hydrogens is 485 g/mol. The van der Waals surface area contributed by atoms with Crippen LogP contribution in [0, 0.1) is 6.92 Å². The third-order valence-electron chi connectivity index (χ3n) is 6.41. The summed E-state index contributed by atoms with van der Waals surface area (Å²) in [6.07, 6.45) is 4.05. The van der Waals surface area contributed by atoms with Crippen molar-refractivity contribution in [2.75, 3.05) is 7.11 Å². The van der Waals surface area contributed by atoms with Gasteiger partial charge in [0.1, 0.15) is 23.3 Å². The van der Waals surface area contributed by atoms with Gasteiger partial charge in [-0.05, 0) is 56.5 Å². The molecule has 4 rings (SSSR count). The zero-order chi connectivity index (χ0) is 26.6. The molecule has 0 bridgehead atoms. The van der Waals surface area contributed by atoms with E-state index in [2.05, 4.69) is 24.7 Å². The number of nitrogens with one attached hydrogen (secondary N) is 1. The molecule has 0 amide bonds. The Morgan fingerprint density at radius 1 is 1.08 bits per heavy atom. The molecule has 1 aliphatic heterocycles. The van der Waals surface area contributed by atoms with Gasteiger partial charge < -0.3 is 14.0 Å². The molecule has 1 aliphatic rings. The predicted molar refractivity (Wildman–Crippen MR) is 148 cm³/mol. The summed E-state index contributed by atoms with van der Waals surface area (Å²) in [6.45, 7) is 9.92. The molecule has 0 radical (unpaired) electrons. The number of ether oxygens (including phenoxy) is 2. The summed E-state index contributed by atoms with van der Waals surface area (Å²) < 4.78 is 32.0. The van der Waals surface area contributed by atoms with Gasteiger partial charge in [0.05, 0.1) is 18.0 Å². The van der Waals surface area contributed by atoms with Gasteiger partial charge >= 0.3 is 13.5 Å². The van der Waals surface area contributed by atoms with Gasteiger partial charge in [-0.25, -0.2) is 5.09 Å². The summed E-state index contributed by atoms with van der Waals surface area (Å²) in [5, 5.41) is 3.38. The van der Waals surface area contributed by atoms with E-state index in [1.54, 1.807) is 31.2 Å². The molecule has 2 atom stereocenters. The fraction of sp³-hybridized carbons (Fsp3) is 0.300. The molecule has 0 fully saturated rings. The standard InChI is InChI=1S/C30H34NO5P/c1-6-7-9-12-23-18-27-29(26-17-20(2)15-16-25(26)22(4)35-27)28(19-23)36-37(33,24-13-10-8-11-14-24)31-21(3)30(32)34-5/h8,10-11,13-19,21H,4,6-7,9,12H2,1-3,5H3,(H,31,33)/t21-,37?/m0/s1. The van der Waals surface area contributed by atoms with Crippen molar-refractivity contribution >= 4 is 24.6 Å². The quantitative estimate of drug-likeness (QED) is 0.180. The van der Waals surface area contributed by atoms with E-state index in [9.17, 15) is 9.36 Å². The van der Waals surface area contributed by atoms with Crippen molar-refractivity contribution in [3.8, 4) is 22.6 Å². The summed E-state index contributed by atoms with van der Waals surface area (Å²) in [4.78, 5) is 12.3. The zero-order valence-corrected chi connectivity index (χ0v) is 22.8. The Morgan fingerprint density at radius 3 is 2.54 bits per heavy atom. The van der Waals surface area contributed by atoms with E-state index in [1.807, 2.05) is 37.3 Å². The minimum atomic E-state index is -3.78. The number of aryl methyl sites for hydroxylation is 2. The molecular formula is C30H34NO5P. The first-order valence-electron chi connectivity index (χ1n) is 12.6. The predicted octanol–water partition coefficient (Wildman–Crippen LogP) is 6.81. The lowest BCUT2D eigenvalue weighted by Gasteiger charge is -2.29. The summed E-state index contributed by atoms with van der Waals surface area (Å²) in [5.74, 6) is 1.08. The van der Waals surface area contributed by atoms with E-state index < -0.39 is 19.5 Å². The lowest BCUT2D eigenvalue weighted by molar-refractivity contribution is -0.142. The van der Waals surface area contributed by atoms with Crippen molar-refractivity contribution in [1.29, 1.82) is 0 Å². The number of esters is 1.